The molecule has 0 saturated heterocycles. The maximum atomic E-state index is 12.3. The molecule has 33 heavy (non-hydrogen) atoms. The van der Waals surface area contributed by atoms with Gasteiger partial charge in [-0.15, -0.1) is 11.3 Å². The van der Waals surface area contributed by atoms with Crippen molar-refractivity contribution >= 4 is 33.3 Å². The zero-order chi connectivity index (χ0) is 23.4. The number of thiophene rings is 1. The Morgan fingerprint density at radius 1 is 0.879 bits per heavy atom. The van der Waals surface area contributed by atoms with Crippen LogP contribution in [0.5, 0.6) is 0 Å². The van der Waals surface area contributed by atoms with Crippen LogP contribution in [0.25, 0.3) is 10.2 Å². The molecule has 7 heteroatoms. The first-order valence-electron chi connectivity index (χ1n) is 10.9. The SMILES string of the molecule is COC(=O)c1sc2nc(CNCc3ccc(C)cc3)nc(NCc3ccc(C)cc3)c2c1C. The highest BCUT2D eigenvalue weighted by atomic mass is 32.1. The number of hydrogen-bond donors (Lipinski definition) is 2. The molecule has 0 fully saturated rings. The lowest BCUT2D eigenvalue weighted by atomic mass is 10.1. The molecule has 6 nitrogen and oxygen atoms in total. The van der Waals surface area contributed by atoms with Crippen LogP contribution in [-0.4, -0.2) is 23.0 Å². The molecule has 4 aromatic rings. The number of aryl methyl sites for hydroxylation is 3. The van der Waals surface area contributed by atoms with Crippen LogP contribution >= 0.6 is 11.3 Å². The van der Waals surface area contributed by atoms with E-state index in [2.05, 4.69) is 73.0 Å². The molecular formula is C26H28N4O2S. The summed E-state index contributed by atoms with van der Waals surface area (Å²) < 4.78 is 4.97. The highest BCUT2D eigenvalue weighted by Gasteiger charge is 2.21. The average Bonchev–Trinajstić information content (AvgIpc) is 3.15. The van der Waals surface area contributed by atoms with E-state index in [0.29, 0.717) is 23.8 Å². The number of anilines is 1. The molecule has 2 aromatic carbocycles. The quantitative estimate of drug-likeness (QED) is 0.347. The predicted molar refractivity (Wildman–Crippen MR) is 134 cm³/mol. The van der Waals surface area contributed by atoms with E-state index in [-0.39, 0.29) is 5.97 Å². The van der Waals surface area contributed by atoms with Crippen molar-refractivity contribution in [1.29, 1.82) is 0 Å². The van der Waals surface area contributed by atoms with Gasteiger partial charge in [0.05, 0.1) is 19.0 Å². The van der Waals surface area contributed by atoms with Crippen molar-refractivity contribution in [3.05, 3.63) is 87.0 Å². The number of carbonyl (C=O) groups is 1. The molecule has 0 amide bonds. The van der Waals surface area contributed by atoms with Crippen molar-refractivity contribution in [2.24, 2.45) is 0 Å². The van der Waals surface area contributed by atoms with E-state index >= 15 is 0 Å². The largest absolute Gasteiger partial charge is 0.465 e. The minimum absolute atomic E-state index is 0.348. The number of rotatable bonds is 8. The van der Waals surface area contributed by atoms with Crippen LogP contribution in [0.1, 0.15) is 43.3 Å². The summed E-state index contributed by atoms with van der Waals surface area (Å²) in [6.45, 7) is 7.95. The van der Waals surface area contributed by atoms with Gasteiger partial charge in [0.1, 0.15) is 21.3 Å². The fourth-order valence-corrected chi connectivity index (χ4v) is 4.71. The number of fused-ring (bicyclic) bond motifs is 1. The summed E-state index contributed by atoms with van der Waals surface area (Å²) >= 11 is 1.35. The molecule has 0 aliphatic heterocycles. The molecule has 0 atom stereocenters. The van der Waals surface area contributed by atoms with Gasteiger partial charge in [-0.05, 0) is 37.5 Å². The van der Waals surface area contributed by atoms with Crippen molar-refractivity contribution in [1.82, 2.24) is 15.3 Å². The summed E-state index contributed by atoms with van der Waals surface area (Å²) in [5.41, 5.74) is 5.67. The van der Waals surface area contributed by atoms with Crippen LogP contribution in [0.15, 0.2) is 48.5 Å². The third-order valence-electron chi connectivity index (χ3n) is 5.52. The molecule has 0 bridgehead atoms. The number of ether oxygens (including phenoxy) is 1. The van der Waals surface area contributed by atoms with E-state index in [4.69, 9.17) is 14.7 Å². The number of nitrogens with zero attached hydrogens (tertiary/aromatic N) is 2. The van der Waals surface area contributed by atoms with Crippen molar-refractivity contribution < 1.29 is 9.53 Å². The van der Waals surface area contributed by atoms with Gasteiger partial charge in [0.25, 0.3) is 0 Å². The Hall–Kier alpha value is -3.29. The standard InChI is InChI=1S/C26H28N4O2S/c1-16-5-9-19(10-6-16)13-27-15-21-29-24(28-14-20-11-7-17(2)8-12-20)22-18(3)23(26(31)32-4)33-25(22)30-21/h5-12,27H,13-15H2,1-4H3,(H,28,29,30). The molecule has 0 unspecified atom stereocenters. The smallest absolute Gasteiger partial charge is 0.348 e. The maximum Gasteiger partial charge on any atom is 0.348 e. The van der Waals surface area contributed by atoms with E-state index in [1.54, 1.807) is 0 Å². The second kappa shape index (κ2) is 10.1. The van der Waals surface area contributed by atoms with E-state index in [1.807, 2.05) is 6.92 Å². The number of aromatic nitrogens is 2. The van der Waals surface area contributed by atoms with E-state index in [0.717, 1.165) is 33.7 Å². The molecule has 2 N–H and O–H groups in total. The molecular weight excluding hydrogens is 432 g/mol. The number of carbonyl (C=O) groups excluding carboxylic acids is 1. The Balaban J connectivity index is 1.60. The predicted octanol–water partition coefficient (Wildman–Crippen LogP) is 5.31. The van der Waals surface area contributed by atoms with Crippen LogP contribution in [0.3, 0.4) is 0 Å². The van der Waals surface area contributed by atoms with Gasteiger partial charge in [0, 0.05) is 13.1 Å². The Labute approximate surface area is 198 Å². The summed E-state index contributed by atoms with van der Waals surface area (Å²) in [5.74, 6) is 1.06. The van der Waals surface area contributed by atoms with Gasteiger partial charge in [-0.25, -0.2) is 14.8 Å². The molecule has 0 aliphatic rings. The maximum absolute atomic E-state index is 12.3. The number of esters is 1. The highest BCUT2D eigenvalue weighted by molar-refractivity contribution is 7.20. The minimum Gasteiger partial charge on any atom is -0.465 e. The number of methoxy groups -OCH3 is 1. The molecule has 0 saturated carbocycles. The molecule has 0 aliphatic carbocycles. The zero-order valence-electron chi connectivity index (χ0n) is 19.4. The van der Waals surface area contributed by atoms with Crippen LogP contribution in [0, 0.1) is 20.8 Å². The third kappa shape index (κ3) is 5.38. The molecule has 2 heterocycles. The second-order valence-electron chi connectivity index (χ2n) is 8.14. The van der Waals surface area contributed by atoms with Crippen molar-refractivity contribution in [2.45, 2.75) is 40.4 Å². The summed E-state index contributed by atoms with van der Waals surface area (Å²) in [4.78, 5) is 23.2. The first kappa shape index (κ1) is 22.9. The van der Waals surface area contributed by atoms with Crippen molar-refractivity contribution in [3.8, 4) is 0 Å². The van der Waals surface area contributed by atoms with Gasteiger partial charge >= 0.3 is 5.97 Å². The van der Waals surface area contributed by atoms with Crippen LogP contribution in [0.4, 0.5) is 5.82 Å². The van der Waals surface area contributed by atoms with Gasteiger partial charge in [-0.3, -0.25) is 0 Å². The normalized spacial score (nSPS) is 11.0. The van der Waals surface area contributed by atoms with Gasteiger partial charge in [0.15, 0.2) is 0 Å². The summed E-state index contributed by atoms with van der Waals surface area (Å²) in [6.07, 6.45) is 0. The summed E-state index contributed by atoms with van der Waals surface area (Å²) in [7, 11) is 1.40. The zero-order valence-corrected chi connectivity index (χ0v) is 20.2. The van der Waals surface area contributed by atoms with E-state index in [1.165, 1.54) is 35.1 Å². The summed E-state index contributed by atoms with van der Waals surface area (Å²) in [5, 5.41) is 7.76. The fourth-order valence-electron chi connectivity index (χ4n) is 3.59. The van der Waals surface area contributed by atoms with Gasteiger partial charge in [0.2, 0.25) is 0 Å². The number of hydrogen-bond acceptors (Lipinski definition) is 7. The highest BCUT2D eigenvalue weighted by Crippen LogP contribution is 2.34. The topological polar surface area (TPSA) is 76.1 Å². The van der Waals surface area contributed by atoms with Gasteiger partial charge in [-0.2, -0.15) is 0 Å². The minimum atomic E-state index is -0.348. The lowest BCUT2D eigenvalue weighted by molar-refractivity contribution is 0.0605. The number of benzene rings is 2. The monoisotopic (exact) mass is 460 g/mol. The molecule has 0 spiro atoms. The van der Waals surface area contributed by atoms with Crippen LogP contribution in [-0.2, 0) is 24.4 Å². The van der Waals surface area contributed by atoms with E-state index in [9.17, 15) is 4.79 Å². The third-order valence-corrected chi connectivity index (χ3v) is 6.69. The van der Waals surface area contributed by atoms with Crippen molar-refractivity contribution in [3.63, 3.8) is 0 Å². The first-order chi connectivity index (χ1) is 15.9. The van der Waals surface area contributed by atoms with Crippen LogP contribution < -0.4 is 10.6 Å². The summed E-state index contributed by atoms with van der Waals surface area (Å²) in [6, 6.07) is 16.8. The Morgan fingerprint density at radius 3 is 2.09 bits per heavy atom. The lowest BCUT2D eigenvalue weighted by Crippen LogP contribution is -2.16. The van der Waals surface area contributed by atoms with Crippen molar-refractivity contribution in [2.75, 3.05) is 12.4 Å². The lowest BCUT2D eigenvalue weighted by Gasteiger charge is -2.11. The fraction of sp³-hybridized carbons (Fsp3) is 0.269. The van der Waals surface area contributed by atoms with Gasteiger partial charge < -0.3 is 15.4 Å². The van der Waals surface area contributed by atoms with Gasteiger partial charge in [-0.1, -0.05) is 59.7 Å². The molecule has 4 rings (SSSR count). The molecule has 2 aromatic heterocycles. The average molecular weight is 461 g/mol. The Morgan fingerprint density at radius 2 is 1.48 bits per heavy atom. The Kier molecular flexibility index (Phi) is 7.01. The molecule has 170 valence electrons. The Bertz CT molecular complexity index is 1260. The second-order valence-corrected chi connectivity index (χ2v) is 9.14. The first-order valence-corrected chi connectivity index (χ1v) is 11.7. The number of nitrogens with one attached hydrogen (secondary N) is 2. The molecule has 0 radical (unpaired) electrons. The van der Waals surface area contributed by atoms with Crippen LogP contribution in [0.2, 0.25) is 0 Å². The van der Waals surface area contributed by atoms with E-state index < -0.39 is 0 Å².